The summed E-state index contributed by atoms with van der Waals surface area (Å²) in [6.45, 7) is 3.16. The minimum absolute atomic E-state index is 0.0142. The van der Waals surface area contributed by atoms with Gasteiger partial charge in [0, 0.05) is 18.5 Å². The molecule has 0 saturated carbocycles. The number of likely N-dealkylation sites (tertiary alicyclic amines) is 1. The van der Waals surface area contributed by atoms with Gasteiger partial charge in [-0.25, -0.2) is 0 Å². The van der Waals surface area contributed by atoms with Gasteiger partial charge in [-0.3, -0.25) is 4.79 Å². The lowest BCUT2D eigenvalue weighted by Crippen LogP contribution is -2.47. The summed E-state index contributed by atoms with van der Waals surface area (Å²) in [5, 5.41) is 11.9. The van der Waals surface area contributed by atoms with Gasteiger partial charge in [0.1, 0.15) is 5.84 Å². The highest BCUT2D eigenvalue weighted by molar-refractivity contribution is 9.12. The van der Waals surface area contributed by atoms with E-state index in [9.17, 15) is 4.79 Å². The maximum absolute atomic E-state index is 12.5. The van der Waals surface area contributed by atoms with Gasteiger partial charge >= 0.3 is 0 Å². The van der Waals surface area contributed by atoms with E-state index < -0.39 is 0 Å². The van der Waals surface area contributed by atoms with Gasteiger partial charge in [0.2, 0.25) is 0 Å². The van der Waals surface area contributed by atoms with Crippen molar-refractivity contribution in [2.45, 2.75) is 19.8 Å². The van der Waals surface area contributed by atoms with Crippen molar-refractivity contribution < 1.29 is 10.0 Å². The number of piperidine rings is 1. The molecule has 1 aliphatic rings. The molecule has 1 aromatic heterocycles. The highest BCUT2D eigenvalue weighted by Crippen LogP contribution is 2.35. The molecule has 1 aromatic rings. The molecule has 110 valence electrons. The first-order chi connectivity index (χ1) is 9.37. The van der Waals surface area contributed by atoms with Crippen LogP contribution in [0.4, 0.5) is 0 Å². The Morgan fingerprint density at radius 2 is 2.10 bits per heavy atom. The molecule has 0 aliphatic carbocycles. The fraction of sp³-hybridized carbons (Fsp3) is 0.500. The van der Waals surface area contributed by atoms with E-state index in [1.807, 2.05) is 17.9 Å². The van der Waals surface area contributed by atoms with Crippen LogP contribution in [0, 0.1) is 5.41 Å². The topological polar surface area (TPSA) is 78.9 Å². The molecule has 0 bridgehead atoms. The summed E-state index contributed by atoms with van der Waals surface area (Å²) in [6, 6.07) is 1.83. The van der Waals surface area contributed by atoms with Crippen molar-refractivity contribution in [1.29, 1.82) is 0 Å². The molecular weight excluding hydrogens is 410 g/mol. The Bertz CT molecular complexity index is 551. The number of carbonyl (C=O) groups is 1. The lowest BCUT2D eigenvalue weighted by atomic mass is 9.79. The van der Waals surface area contributed by atoms with Crippen molar-refractivity contribution in [1.82, 2.24) is 4.90 Å². The molecule has 0 atom stereocenters. The summed E-state index contributed by atoms with van der Waals surface area (Å²) in [7, 11) is 0. The predicted molar refractivity (Wildman–Crippen MR) is 86.4 cm³/mol. The molecule has 5 nitrogen and oxygen atoms in total. The number of amides is 1. The summed E-state index contributed by atoms with van der Waals surface area (Å²) in [6.07, 6.45) is 1.38. The van der Waals surface area contributed by atoms with Gasteiger partial charge in [0.25, 0.3) is 5.91 Å². The minimum Gasteiger partial charge on any atom is -0.409 e. The first-order valence-corrected chi connectivity index (χ1v) is 8.50. The number of nitrogens with zero attached hydrogens (tertiary/aromatic N) is 2. The zero-order valence-electron chi connectivity index (χ0n) is 10.9. The third kappa shape index (κ3) is 3.01. The Hall–Kier alpha value is -0.600. The van der Waals surface area contributed by atoms with Crippen LogP contribution in [0.15, 0.2) is 18.8 Å². The number of hydrogen-bond acceptors (Lipinski definition) is 4. The maximum atomic E-state index is 12.5. The Labute approximate surface area is 138 Å². The van der Waals surface area contributed by atoms with Crippen LogP contribution >= 0.6 is 43.2 Å². The van der Waals surface area contributed by atoms with Gasteiger partial charge in [-0.05, 0) is 50.8 Å². The van der Waals surface area contributed by atoms with Crippen LogP contribution in [0.3, 0.4) is 0 Å². The SMILES string of the molecule is CC1(/C(N)=N/O)CCN(C(=O)c2cc(Br)sc2Br)CC1. The largest absolute Gasteiger partial charge is 0.409 e. The molecule has 0 spiro atoms. The molecule has 0 unspecified atom stereocenters. The summed E-state index contributed by atoms with van der Waals surface area (Å²) >= 11 is 8.27. The van der Waals surface area contributed by atoms with Crippen LogP contribution in [0.25, 0.3) is 0 Å². The third-order valence-corrected chi connectivity index (χ3v) is 6.11. The van der Waals surface area contributed by atoms with E-state index in [2.05, 4.69) is 37.0 Å². The van der Waals surface area contributed by atoms with Gasteiger partial charge < -0.3 is 15.8 Å². The lowest BCUT2D eigenvalue weighted by molar-refractivity contribution is 0.0666. The van der Waals surface area contributed by atoms with Crippen molar-refractivity contribution >= 4 is 54.9 Å². The highest BCUT2D eigenvalue weighted by atomic mass is 79.9. The van der Waals surface area contributed by atoms with Crippen molar-refractivity contribution in [3.8, 4) is 0 Å². The first-order valence-electron chi connectivity index (χ1n) is 6.09. The molecule has 1 fully saturated rings. The number of halogens is 2. The summed E-state index contributed by atoms with van der Waals surface area (Å²) in [5.41, 5.74) is 6.07. The lowest BCUT2D eigenvalue weighted by Gasteiger charge is -2.38. The standard InChI is InChI=1S/C12H15Br2N3O2S/c1-12(11(15)16-19)2-4-17(5-3-12)10(18)7-6-8(13)20-9(7)14/h6,19H,2-5H2,1H3,(H2,15,16). The second-order valence-corrected chi connectivity index (χ2v) is 8.83. The van der Waals surface area contributed by atoms with Crippen molar-refractivity contribution in [2.24, 2.45) is 16.3 Å². The van der Waals surface area contributed by atoms with Crippen LogP contribution in [0.2, 0.25) is 0 Å². The molecule has 3 N–H and O–H groups in total. The van der Waals surface area contributed by atoms with Gasteiger partial charge in [-0.1, -0.05) is 12.1 Å². The van der Waals surface area contributed by atoms with Gasteiger partial charge in [0.15, 0.2) is 0 Å². The summed E-state index contributed by atoms with van der Waals surface area (Å²) in [4.78, 5) is 14.3. The van der Waals surface area contributed by atoms with E-state index in [4.69, 9.17) is 10.9 Å². The number of carbonyl (C=O) groups excluding carboxylic acids is 1. The fourth-order valence-electron chi connectivity index (χ4n) is 2.24. The number of hydrogen-bond donors (Lipinski definition) is 2. The maximum Gasteiger partial charge on any atom is 0.255 e. The van der Waals surface area contributed by atoms with Gasteiger partial charge in [-0.2, -0.15) is 0 Å². The van der Waals surface area contributed by atoms with E-state index in [1.54, 1.807) is 0 Å². The van der Waals surface area contributed by atoms with E-state index in [-0.39, 0.29) is 17.2 Å². The molecule has 2 heterocycles. The quantitative estimate of drug-likeness (QED) is 0.331. The normalized spacial score (nSPS) is 19.1. The van der Waals surface area contributed by atoms with Gasteiger partial charge in [-0.15, -0.1) is 11.3 Å². The molecule has 0 aromatic carbocycles. The molecule has 1 aliphatic heterocycles. The fourth-order valence-corrected chi connectivity index (χ4v) is 5.01. The van der Waals surface area contributed by atoms with Crippen LogP contribution in [0.5, 0.6) is 0 Å². The Morgan fingerprint density at radius 1 is 1.50 bits per heavy atom. The first kappa shape index (κ1) is 15.8. The van der Waals surface area contributed by atoms with E-state index in [0.717, 1.165) is 7.57 Å². The van der Waals surface area contributed by atoms with E-state index in [1.165, 1.54) is 11.3 Å². The monoisotopic (exact) mass is 423 g/mol. The molecule has 1 saturated heterocycles. The molecular formula is C12H15Br2N3O2S. The number of rotatable bonds is 2. The zero-order chi connectivity index (χ0) is 14.9. The molecule has 1 amide bonds. The number of oxime groups is 1. The number of thiophene rings is 1. The van der Waals surface area contributed by atoms with Crippen molar-refractivity contribution in [3.63, 3.8) is 0 Å². The second-order valence-electron chi connectivity index (χ2n) is 5.08. The molecule has 0 radical (unpaired) electrons. The predicted octanol–water partition coefficient (Wildman–Crippen LogP) is 3.26. The van der Waals surface area contributed by atoms with E-state index >= 15 is 0 Å². The van der Waals surface area contributed by atoms with Gasteiger partial charge in [0.05, 0.1) is 13.1 Å². The Balaban J connectivity index is 2.08. The van der Waals surface area contributed by atoms with Crippen LogP contribution in [0.1, 0.15) is 30.1 Å². The molecule has 8 heteroatoms. The summed E-state index contributed by atoms with van der Waals surface area (Å²) in [5.74, 6) is 0.254. The minimum atomic E-state index is -0.335. The summed E-state index contributed by atoms with van der Waals surface area (Å²) < 4.78 is 1.75. The molecule has 20 heavy (non-hydrogen) atoms. The smallest absolute Gasteiger partial charge is 0.255 e. The number of amidine groups is 1. The average molecular weight is 425 g/mol. The second kappa shape index (κ2) is 6.03. The van der Waals surface area contributed by atoms with Crippen molar-refractivity contribution in [2.75, 3.05) is 13.1 Å². The third-order valence-electron chi connectivity index (χ3n) is 3.77. The zero-order valence-corrected chi connectivity index (χ0v) is 14.9. The molecule has 2 rings (SSSR count). The average Bonchev–Trinajstić information content (AvgIpc) is 2.76. The van der Waals surface area contributed by atoms with Crippen LogP contribution in [-0.4, -0.2) is 34.9 Å². The number of nitrogens with two attached hydrogens (primary N) is 1. The Morgan fingerprint density at radius 3 is 2.55 bits per heavy atom. The van der Waals surface area contributed by atoms with Crippen LogP contribution in [-0.2, 0) is 0 Å². The Kier molecular flexibility index (Phi) is 4.76. The highest BCUT2D eigenvalue weighted by Gasteiger charge is 2.36. The van der Waals surface area contributed by atoms with Crippen LogP contribution < -0.4 is 5.73 Å². The van der Waals surface area contributed by atoms with Crippen molar-refractivity contribution in [3.05, 3.63) is 19.2 Å². The van der Waals surface area contributed by atoms with E-state index in [0.29, 0.717) is 31.5 Å².